The summed E-state index contributed by atoms with van der Waals surface area (Å²) in [6, 6.07) is -0.598. The van der Waals surface area contributed by atoms with Gasteiger partial charge in [-0.05, 0) is 35.7 Å². The molecule has 1 saturated carbocycles. The zero-order valence-corrected chi connectivity index (χ0v) is 9.36. The fourth-order valence-corrected chi connectivity index (χ4v) is 1.94. The SMILES string of the molecule is CC(C(=O)O)n1cc(Br)c(C2CC2)n1. The third kappa shape index (κ3) is 1.68. The summed E-state index contributed by atoms with van der Waals surface area (Å²) in [7, 11) is 0. The van der Waals surface area contributed by atoms with Crippen LogP contribution in [0.3, 0.4) is 0 Å². The van der Waals surface area contributed by atoms with Gasteiger partial charge in [0.05, 0.1) is 10.2 Å². The molecule has 0 aromatic carbocycles. The molecule has 0 radical (unpaired) electrons. The largest absolute Gasteiger partial charge is 0.480 e. The molecule has 5 heteroatoms. The number of carboxylic acid groups (broad SMARTS) is 1. The Morgan fingerprint density at radius 1 is 1.79 bits per heavy atom. The molecule has 1 aromatic heterocycles. The Labute approximate surface area is 90.0 Å². The quantitative estimate of drug-likeness (QED) is 0.904. The summed E-state index contributed by atoms with van der Waals surface area (Å²) in [4.78, 5) is 10.7. The molecule has 0 bridgehead atoms. The fraction of sp³-hybridized carbons (Fsp3) is 0.556. The number of rotatable bonds is 3. The predicted molar refractivity (Wildman–Crippen MR) is 54.2 cm³/mol. The molecule has 14 heavy (non-hydrogen) atoms. The van der Waals surface area contributed by atoms with Crippen LogP contribution in [0.1, 0.15) is 37.4 Å². The van der Waals surface area contributed by atoms with Crippen LogP contribution >= 0.6 is 15.9 Å². The van der Waals surface area contributed by atoms with Crippen LogP contribution in [0.5, 0.6) is 0 Å². The minimum atomic E-state index is -0.859. The van der Waals surface area contributed by atoms with Crippen LogP contribution in [-0.4, -0.2) is 20.9 Å². The Bertz CT molecular complexity index is 371. The van der Waals surface area contributed by atoms with Crippen molar-refractivity contribution in [3.05, 3.63) is 16.4 Å². The molecule has 76 valence electrons. The van der Waals surface area contributed by atoms with E-state index in [0.717, 1.165) is 23.0 Å². The highest BCUT2D eigenvalue weighted by atomic mass is 79.9. The van der Waals surface area contributed by atoms with E-state index in [2.05, 4.69) is 21.0 Å². The summed E-state index contributed by atoms with van der Waals surface area (Å²) >= 11 is 3.40. The molecule has 0 spiro atoms. The van der Waals surface area contributed by atoms with Gasteiger partial charge in [0.25, 0.3) is 0 Å². The summed E-state index contributed by atoms with van der Waals surface area (Å²) < 4.78 is 2.42. The smallest absolute Gasteiger partial charge is 0.328 e. The van der Waals surface area contributed by atoms with Crippen molar-refractivity contribution in [2.45, 2.75) is 31.7 Å². The zero-order chi connectivity index (χ0) is 10.3. The van der Waals surface area contributed by atoms with Gasteiger partial charge in [-0.15, -0.1) is 0 Å². The number of hydrogen-bond acceptors (Lipinski definition) is 2. The van der Waals surface area contributed by atoms with Crippen molar-refractivity contribution in [3.63, 3.8) is 0 Å². The number of hydrogen-bond donors (Lipinski definition) is 1. The van der Waals surface area contributed by atoms with Gasteiger partial charge in [0.15, 0.2) is 0 Å². The molecule has 1 aliphatic rings. The first-order valence-corrected chi connectivity index (χ1v) is 5.36. The highest BCUT2D eigenvalue weighted by Gasteiger charge is 2.29. The van der Waals surface area contributed by atoms with E-state index in [-0.39, 0.29) is 0 Å². The van der Waals surface area contributed by atoms with Crippen molar-refractivity contribution in [2.75, 3.05) is 0 Å². The van der Waals surface area contributed by atoms with Crippen molar-refractivity contribution in [1.82, 2.24) is 9.78 Å². The van der Waals surface area contributed by atoms with E-state index in [1.807, 2.05) is 0 Å². The monoisotopic (exact) mass is 258 g/mol. The fourth-order valence-electron chi connectivity index (χ4n) is 1.33. The summed E-state index contributed by atoms with van der Waals surface area (Å²) in [5.74, 6) is -0.325. The average molecular weight is 259 g/mol. The van der Waals surface area contributed by atoms with Crippen LogP contribution in [0.2, 0.25) is 0 Å². The number of nitrogens with zero attached hydrogens (tertiary/aromatic N) is 2. The maximum Gasteiger partial charge on any atom is 0.328 e. The number of halogens is 1. The van der Waals surface area contributed by atoms with E-state index in [9.17, 15) is 4.79 Å². The van der Waals surface area contributed by atoms with E-state index in [0.29, 0.717) is 5.92 Å². The van der Waals surface area contributed by atoms with Gasteiger partial charge in [0.2, 0.25) is 0 Å². The van der Waals surface area contributed by atoms with Gasteiger partial charge < -0.3 is 5.11 Å². The first kappa shape index (κ1) is 9.71. The predicted octanol–water partition coefficient (Wildman–Crippen LogP) is 2.17. The molecule has 1 heterocycles. The molecule has 1 aromatic rings. The summed E-state index contributed by atoms with van der Waals surface area (Å²) in [6.07, 6.45) is 4.07. The number of aliphatic carboxylic acids is 1. The van der Waals surface area contributed by atoms with Gasteiger partial charge in [0, 0.05) is 12.1 Å². The maximum absolute atomic E-state index is 10.7. The van der Waals surface area contributed by atoms with Crippen LogP contribution in [0.4, 0.5) is 0 Å². The van der Waals surface area contributed by atoms with Crippen LogP contribution in [-0.2, 0) is 4.79 Å². The molecular weight excluding hydrogens is 248 g/mol. The second kappa shape index (κ2) is 3.38. The van der Waals surface area contributed by atoms with Crippen LogP contribution in [0.25, 0.3) is 0 Å². The molecule has 4 nitrogen and oxygen atoms in total. The average Bonchev–Trinajstić information content (AvgIpc) is 2.89. The van der Waals surface area contributed by atoms with Crippen molar-refractivity contribution in [1.29, 1.82) is 0 Å². The third-order valence-electron chi connectivity index (χ3n) is 2.43. The summed E-state index contributed by atoms with van der Waals surface area (Å²) in [6.45, 7) is 1.62. The maximum atomic E-state index is 10.7. The lowest BCUT2D eigenvalue weighted by atomic mass is 10.3. The van der Waals surface area contributed by atoms with E-state index in [1.165, 1.54) is 4.68 Å². The highest BCUT2D eigenvalue weighted by molar-refractivity contribution is 9.10. The number of carbonyl (C=O) groups is 1. The van der Waals surface area contributed by atoms with Gasteiger partial charge in [0.1, 0.15) is 6.04 Å². The van der Waals surface area contributed by atoms with E-state index >= 15 is 0 Å². The Balaban J connectivity index is 2.27. The lowest BCUT2D eigenvalue weighted by Crippen LogP contribution is -2.16. The van der Waals surface area contributed by atoms with Gasteiger partial charge >= 0.3 is 5.97 Å². The van der Waals surface area contributed by atoms with Crippen LogP contribution in [0, 0.1) is 0 Å². The first-order valence-electron chi connectivity index (χ1n) is 4.57. The number of aromatic nitrogens is 2. The number of carboxylic acids is 1. The molecule has 0 aliphatic heterocycles. The molecule has 1 N–H and O–H groups in total. The molecule has 1 aliphatic carbocycles. The second-order valence-electron chi connectivity index (χ2n) is 3.63. The highest BCUT2D eigenvalue weighted by Crippen LogP contribution is 2.42. The Hall–Kier alpha value is -0.840. The molecular formula is C9H11BrN2O2. The molecule has 2 rings (SSSR count). The van der Waals surface area contributed by atoms with E-state index in [4.69, 9.17) is 5.11 Å². The van der Waals surface area contributed by atoms with Gasteiger partial charge in [-0.25, -0.2) is 4.79 Å². The first-order chi connectivity index (χ1) is 6.59. The molecule has 0 amide bonds. The normalized spacial score (nSPS) is 18.1. The lowest BCUT2D eigenvalue weighted by Gasteiger charge is -2.05. The Morgan fingerprint density at radius 2 is 2.43 bits per heavy atom. The molecule has 1 fully saturated rings. The topological polar surface area (TPSA) is 55.1 Å². The zero-order valence-electron chi connectivity index (χ0n) is 7.77. The summed E-state index contributed by atoms with van der Waals surface area (Å²) in [5, 5.41) is 13.1. The standard InChI is InChI=1S/C9H11BrN2O2/c1-5(9(13)14)12-4-7(10)8(11-12)6-2-3-6/h4-6H,2-3H2,1H3,(H,13,14). The minimum Gasteiger partial charge on any atom is -0.480 e. The molecule has 1 atom stereocenters. The van der Waals surface area contributed by atoms with E-state index < -0.39 is 12.0 Å². The lowest BCUT2D eigenvalue weighted by molar-refractivity contribution is -0.140. The van der Waals surface area contributed by atoms with Crippen molar-refractivity contribution in [3.8, 4) is 0 Å². The van der Waals surface area contributed by atoms with Gasteiger partial charge in [-0.3, -0.25) is 4.68 Å². The third-order valence-corrected chi connectivity index (χ3v) is 3.04. The molecule has 0 saturated heterocycles. The minimum absolute atomic E-state index is 0.534. The molecule has 1 unspecified atom stereocenters. The Kier molecular flexibility index (Phi) is 2.34. The Morgan fingerprint density at radius 3 is 2.93 bits per heavy atom. The van der Waals surface area contributed by atoms with Crippen LogP contribution in [0.15, 0.2) is 10.7 Å². The van der Waals surface area contributed by atoms with Gasteiger partial charge in [-0.2, -0.15) is 5.10 Å². The van der Waals surface area contributed by atoms with Crippen molar-refractivity contribution >= 4 is 21.9 Å². The van der Waals surface area contributed by atoms with E-state index in [1.54, 1.807) is 13.1 Å². The van der Waals surface area contributed by atoms with Crippen molar-refractivity contribution < 1.29 is 9.90 Å². The van der Waals surface area contributed by atoms with Crippen LogP contribution < -0.4 is 0 Å². The second-order valence-corrected chi connectivity index (χ2v) is 4.49. The van der Waals surface area contributed by atoms with Crippen molar-refractivity contribution in [2.24, 2.45) is 0 Å². The van der Waals surface area contributed by atoms with Gasteiger partial charge in [-0.1, -0.05) is 0 Å². The summed E-state index contributed by atoms with van der Waals surface area (Å²) in [5.41, 5.74) is 0.998.